The van der Waals surface area contributed by atoms with Crippen molar-refractivity contribution >= 4 is 0 Å². The molecule has 0 aromatic carbocycles. The zero-order valence-corrected chi connectivity index (χ0v) is 12.0. The van der Waals surface area contributed by atoms with Crippen LogP contribution in [0.1, 0.15) is 37.7 Å². The van der Waals surface area contributed by atoms with Gasteiger partial charge in [-0.1, -0.05) is 6.92 Å². The molecule has 2 rings (SSSR count). The quantitative estimate of drug-likeness (QED) is 0.828. The number of nitrogens with one attached hydrogen (secondary N) is 1. The third-order valence-corrected chi connectivity index (χ3v) is 3.30. The summed E-state index contributed by atoms with van der Waals surface area (Å²) < 4.78 is 4.04. The lowest BCUT2D eigenvalue weighted by Crippen LogP contribution is -2.25. The molecule has 2 aromatic heterocycles. The van der Waals surface area contributed by atoms with Crippen molar-refractivity contribution in [3.8, 4) is 0 Å². The Hall–Kier alpha value is -1.62. The first-order valence-electron chi connectivity index (χ1n) is 6.96. The standard InChI is InChI=1S/C14H23N5/c1-4-6-15-13(12-10-17-18(3)11-12)9-14-16-7-8-19(14)5-2/h7-8,10-11,13,15H,4-6,9H2,1-3H3. The van der Waals surface area contributed by atoms with E-state index in [1.54, 1.807) is 0 Å². The third kappa shape index (κ3) is 3.44. The van der Waals surface area contributed by atoms with Gasteiger partial charge in [0.25, 0.3) is 0 Å². The highest BCUT2D eigenvalue weighted by molar-refractivity contribution is 5.13. The Balaban J connectivity index is 2.14. The molecule has 2 heterocycles. The average molecular weight is 261 g/mol. The summed E-state index contributed by atoms with van der Waals surface area (Å²) in [5, 5.41) is 7.85. The van der Waals surface area contributed by atoms with Gasteiger partial charge in [-0.15, -0.1) is 0 Å². The normalized spacial score (nSPS) is 12.8. The molecule has 0 bridgehead atoms. The van der Waals surface area contributed by atoms with E-state index in [1.807, 2.05) is 30.3 Å². The molecule has 0 saturated heterocycles. The Bertz CT molecular complexity index is 499. The number of aromatic nitrogens is 4. The fourth-order valence-corrected chi connectivity index (χ4v) is 2.25. The Kier molecular flexibility index (Phi) is 4.74. The maximum Gasteiger partial charge on any atom is 0.110 e. The van der Waals surface area contributed by atoms with E-state index in [4.69, 9.17) is 0 Å². The molecule has 0 spiro atoms. The molecule has 1 unspecified atom stereocenters. The second kappa shape index (κ2) is 6.52. The molecular weight excluding hydrogens is 238 g/mol. The highest BCUT2D eigenvalue weighted by Crippen LogP contribution is 2.17. The molecule has 5 heteroatoms. The van der Waals surface area contributed by atoms with Crippen LogP contribution in [-0.4, -0.2) is 25.9 Å². The fraction of sp³-hybridized carbons (Fsp3) is 0.571. The monoisotopic (exact) mass is 261 g/mol. The first-order chi connectivity index (χ1) is 9.24. The topological polar surface area (TPSA) is 47.7 Å². The number of hydrogen-bond acceptors (Lipinski definition) is 3. The number of rotatable bonds is 7. The summed E-state index contributed by atoms with van der Waals surface area (Å²) in [6.45, 7) is 6.29. The molecule has 2 aromatic rings. The first-order valence-corrected chi connectivity index (χ1v) is 6.96. The second-order valence-corrected chi connectivity index (χ2v) is 4.79. The summed E-state index contributed by atoms with van der Waals surface area (Å²) in [7, 11) is 1.95. The molecule has 0 fully saturated rings. The predicted molar refractivity (Wildman–Crippen MR) is 75.8 cm³/mol. The summed E-state index contributed by atoms with van der Waals surface area (Å²) >= 11 is 0. The zero-order chi connectivity index (χ0) is 13.7. The summed E-state index contributed by atoms with van der Waals surface area (Å²) in [6.07, 6.45) is 9.94. The van der Waals surface area contributed by atoms with Crippen molar-refractivity contribution in [2.75, 3.05) is 6.54 Å². The van der Waals surface area contributed by atoms with E-state index in [-0.39, 0.29) is 6.04 Å². The van der Waals surface area contributed by atoms with E-state index < -0.39 is 0 Å². The molecule has 104 valence electrons. The minimum Gasteiger partial charge on any atom is -0.335 e. The average Bonchev–Trinajstić information content (AvgIpc) is 3.02. The molecule has 0 saturated carbocycles. The van der Waals surface area contributed by atoms with Gasteiger partial charge in [0.1, 0.15) is 5.82 Å². The SMILES string of the molecule is CCCNC(Cc1nccn1CC)c1cnn(C)c1. The van der Waals surface area contributed by atoms with Crippen LogP contribution < -0.4 is 5.32 Å². The largest absolute Gasteiger partial charge is 0.335 e. The van der Waals surface area contributed by atoms with Gasteiger partial charge >= 0.3 is 0 Å². The lowest BCUT2D eigenvalue weighted by Gasteiger charge is -2.17. The van der Waals surface area contributed by atoms with Crippen molar-refractivity contribution in [3.05, 3.63) is 36.2 Å². The van der Waals surface area contributed by atoms with E-state index >= 15 is 0 Å². The molecule has 5 nitrogen and oxygen atoms in total. The highest BCUT2D eigenvalue weighted by atomic mass is 15.2. The molecule has 1 N–H and O–H groups in total. The molecule has 19 heavy (non-hydrogen) atoms. The van der Waals surface area contributed by atoms with Gasteiger partial charge in [-0.25, -0.2) is 4.98 Å². The van der Waals surface area contributed by atoms with Crippen molar-refractivity contribution < 1.29 is 0 Å². The van der Waals surface area contributed by atoms with E-state index in [0.717, 1.165) is 31.8 Å². The minimum absolute atomic E-state index is 0.279. The lowest BCUT2D eigenvalue weighted by atomic mass is 10.1. The van der Waals surface area contributed by atoms with Gasteiger partial charge in [-0.2, -0.15) is 5.10 Å². The van der Waals surface area contributed by atoms with Crippen LogP contribution in [0, 0.1) is 0 Å². The molecule has 1 atom stereocenters. The van der Waals surface area contributed by atoms with Gasteiger partial charge in [0.2, 0.25) is 0 Å². The van der Waals surface area contributed by atoms with Crippen LogP contribution in [0.5, 0.6) is 0 Å². The Morgan fingerprint density at radius 2 is 2.21 bits per heavy atom. The van der Waals surface area contributed by atoms with E-state index in [0.29, 0.717) is 0 Å². The van der Waals surface area contributed by atoms with Crippen LogP contribution in [0.25, 0.3) is 0 Å². The first kappa shape index (κ1) is 13.8. The highest BCUT2D eigenvalue weighted by Gasteiger charge is 2.15. The van der Waals surface area contributed by atoms with Crippen LogP contribution in [0.3, 0.4) is 0 Å². The van der Waals surface area contributed by atoms with Gasteiger partial charge in [0, 0.05) is 50.2 Å². The van der Waals surface area contributed by atoms with Crippen molar-refractivity contribution in [3.63, 3.8) is 0 Å². The van der Waals surface area contributed by atoms with Gasteiger partial charge in [0.05, 0.1) is 6.20 Å². The summed E-state index contributed by atoms with van der Waals surface area (Å²) in [5.41, 5.74) is 1.22. The smallest absolute Gasteiger partial charge is 0.110 e. The third-order valence-electron chi connectivity index (χ3n) is 3.30. The van der Waals surface area contributed by atoms with Crippen LogP contribution in [0.2, 0.25) is 0 Å². The molecule has 0 aliphatic carbocycles. The predicted octanol–water partition coefficient (Wildman–Crippen LogP) is 1.92. The fourth-order valence-electron chi connectivity index (χ4n) is 2.25. The summed E-state index contributed by atoms with van der Waals surface area (Å²) in [4.78, 5) is 4.46. The summed E-state index contributed by atoms with van der Waals surface area (Å²) in [5.74, 6) is 1.12. The lowest BCUT2D eigenvalue weighted by molar-refractivity contribution is 0.506. The zero-order valence-electron chi connectivity index (χ0n) is 12.0. The number of nitrogens with zero attached hydrogens (tertiary/aromatic N) is 4. The molecule has 0 radical (unpaired) electrons. The second-order valence-electron chi connectivity index (χ2n) is 4.79. The van der Waals surface area contributed by atoms with Gasteiger partial charge in [0.15, 0.2) is 0 Å². The Morgan fingerprint density at radius 3 is 2.84 bits per heavy atom. The van der Waals surface area contributed by atoms with Crippen molar-refractivity contribution in [2.24, 2.45) is 7.05 Å². The van der Waals surface area contributed by atoms with E-state index in [1.165, 1.54) is 5.56 Å². The molecular formula is C14H23N5. The molecule has 0 aliphatic rings. The Morgan fingerprint density at radius 1 is 1.37 bits per heavy atom. The van der Waals surface area contributed by atoms with Gasteiger partial charge in [-0.3, -0.25) is 4.68 Å². The summed E-state index contributed by atoms with van der Waals surface area (Å²) in [6, 6.07) is 0.279. The van der Waals surface area contributed by atoms with Gasteiger partial charge in [-0.05, 0) is 19.9 Å². The van der Waals surface area contributed by atoms with Crippen molar-refractivity contribution in [1.29, 1.82) is 0 Å². The maximum absolute atomic E-state index is 4.46. The maximum atomic E-state index is 4.46. The molecule has 0 amide bonds. The Labute approximate surface area is 114 Å². The van der Waals surface area contributed by atoms with Crippen molar-refractivity contribution in [1.82, 2.24) is 24.6 Å². The number of imidazole rings is 1. The van der Waals surface area contributed by atoms with E-state index in [2.05, 4.69) is 40.0 Å². The van der Waals surface area contributed by atoms with Crippen LogP contribution in [-0.2, 0) is 20.0 Å². The molecule has 0 aliphatic heterocycles. The number of hydrogen-bond donors (Lipinski definition) is 1. The van der Waals surface area contributed by atoms with Crippen LogP contribution in [0.15, 0.2) is 24.8 Å². The minimum atomic E-state index is 0.279. The van der Waals surface area contributed by atoms with E-state index in [9.17, 15) is 0 Å². The van der Waals surface area contributed by atoms with Crippen LogP contribution in [0.4, 0.5) is 0 Å². The van der Waals surface area contributed by atoms with Gasteiger partial charge < -0.3 is 9.88 Å². The van der Waals surface area contributed by atoms with Crippen LogP contribution >= 0.6 is 0 Å². The number of aryl methyl sites for hydroxylation is 2. The van der Waals surface area contributed by atoms with Crippen molar-refractivity contribution in [2.45, 2.75) is 39.3 Å².